The Morgan fingerprint density at radius 1 is 1.14 bits per heavy atom. The van der Waals surface area contributed by atoms with Gasteiger partial charge in [0, 0.05) is 19.6 Å². The molecule has 2 aliphatic rings. The molecule has 1 aliphatic carbocycles. The van der Waals surface area contributed by atoms with Crippen LogP contribution >= 0.6 is 0 Å². The standard InChI is InChI=1S/C25H28FNO2/c26-12-3-13-27-16-19(17-27)14-18-6-8-20(9-7-18)23-5-2-1-4-21-15-22(25(28)29)10-11-24(21)23/h5-11,15,19H,1-4,12-14,16-17H2,(H,28,29). The van der Waals surface area contributed by atoms with Gasteiger partial charge >= 0.3 is 5.97 Å². The van der Waals surface area contributed by atoms with E-state index < -0.39 is 5.97 Å². The van der Waals surface area contributed by atoms with Gasteiger partial charge in [0.05, 0.1) is 12.2 Å². The van der Waals surface area contributed by atoms with Gasteiger partial charge in [-0.2, -0.15) is 0 Å². The van der Waals surface area contributed by atoms with Crippen molar-refractivity contribution in [2.45, 2.75) is 32.1 Å². The fourth-order valence-corrected chi connectivity index (χ4v) is 4.54. The number of likely N-dealkylation sites (tertiary alicyclic amines) is 1. The molecule has 2 aromatic rings. The van der Waals surface area contributed by atoms with E-state index >= 15 is 0 Å². The molecule has 1 heterocycles. The predicted molar refractivity (Wildman–Crippen MR) is 114 cm³/mol. The maximum Gasteiger partial charge on any atom is 0.335 e. The molecule has 0 aromatic heterocycles. The van der Waals surface area contributed by atoms with Gasteiger partial charge < -0.3 is 10.0 Å². The van der Waals surface area contributed by atoms with E-state index in [9.17, 15) is 14.3 Å². The third-order valence-corrected chi connectivity index (χ3v) is 6.07. The summed E-state index contributed by atoms with van der Waals surface area (Å²) < 4.78 is 12.3. The molecule has 3 nitrogen and oxygen atoms in total. The van der Waals surface area contributed by atoms with Crippen LogP contribution in [0.3, 0.4) is 0 Å². The summed E-state index contributed by atoms with van der Waals surface area (Å²) in [6, 6.07) is 14.3. The number of benzene rings is 2. The number of carboxylic acids is 1. The van der Waals surface area contributed by atoms with Crippen molar-refractivity contribution in [1.29, 1.82) is 0 Å². The maximum atomic E-state index is 12.3. The molecule has 0 atom stereocenters. The molecule has 0 saturated carbocycles. The second-order valence-corrected chi connectivity index (χ2v) is 8.26. The minimum absolute atomic E-state index is 0.223. The second-order valence-electron chi connectivity index (χ2n) is 8.26. The first kappa shape index (κ1) is 19.8. The van der Waals surface area contributed by atoms with Gasteiger partial charge in [0.25, 0.3) is 0 Å². The molecule has 1 aliphatic heterocycles. The monoisotopic (exact) mass is 393 g/mol. The number of nitrogens with zero attached hydrogens (tertiary/aromatic N) is 1. The molecule has 29 heavy (non-hydrogen) atoms. The largest absolute Gasteiger partial charge is 0.478 e. The van der Waals surface area contributed by atoms with Crippen LogP contribution in [0.5, 0.6) is 0 Å². The lowest BCUT2D eigenvalue weighted by molar-refractivity contribution is 0.0696. The number of hydrogen-bond donors (Lipinski definition) is 1. The first-order valence-corrected chi connectivity index (χ1v) is 10.6. The third-order valence-electron chi connectivity index (χ3n) is 6.07. The molecule has 1 saturated heterocycles. The van der Waals surface area contributed by atoms with Crippen LogP contribution in [0, 0.1) is 5.92 Å². The van der Waals surface area contributed by atoms with Crippen molar-refractivity contribution >= 4 is 11.5 Å². The van der Waals surface area contributed by atoms with Crippen LogP contribution in [0.2, 0.25) is 0 Å². The third kappa shape index (κ3) is 4.59. The van der Waals surface area contributed by atoms with Gasteiger partial charge in [0.2, 0.25) is 0 Å². The Balaban J connectivity index is 1.45. The lowest BCUT2D eigenvalue weighted by Crippen LogP contribution is -2.47. The highest BCUT2D eigenvalue weighted by atomic mass is 19.1. The Hall–Kier alpha value is -2.46. The number of fused-ring (bicyclic) bond motifs is 1. The minimum Gasteiger partial charge on any atom is -0.478 e. The highest BCUT2D eigenvalue weighted by Gasteiger charge is 2.26. The summed E-state index contributed by atoms with van der Waals surface area (Å²) >= 11 is 0. The molecule has 4 heteroatoms. The highest BCUT2D eigenvalue weighted by Crippen LogP contribution is 2.32. The molecule has 0 bridgehead atoms. The van der Waals surface area contributed by atoms with E-state index in [0.29, 0.717) is 17.9 Å². The summed E-state index contributed by atoms with van der Waals surface area (Å²) in [5.41, 5.74) is 6.39. The number of carboxylic acid groups (broad SMARTS) is 1. The topological polar surface area (TPSA) is 40.5 Å². The molecule has 0 amide bonds. The van der Waals surface area contributed by atoms with Crippen LogP contribution in [-0.4, -0.2) is 42.3 Å². The summed E-state index contributed by atoms with van der Waals surface area (Å²) in [7, 11) is 0. The van der Waals surface area contributed by atoms with E-state index in [0.717, 1.165) is 56.4 Å². The van der Waals surface area contributed by atoms with E-state index in [-0.39, 0.29) is 6.67 Å². The predicted octanol–water partition coefficient (Wildman–Crippen LogP) is 4.99. The second kappa shape index (κ2) is 8.91. The molecule has 0 radical (unpaired) electrons. The summed E-state index contributed by atoms with van der Waals surface area (Å²) in [6.45, 7) is 2.81. The molecule has 4 rings (SSSR count). The van der Waals surface area contributed by atoms with Crippen LogP contribution in [0.4, 0.5) is 4.39 Å². The Labute approximate surface area is 171 Å². The summed E-state index contributed by atoms with van der Waals surface area (Å²) in [5, 5.41) is 9.29. The number of aryl methyl sites for hydroxylation is 1. The van der Waals surface area contributed by atoms with E-state index in [4.69, 9.17) is 0 Å². The first-order valence-electron chi connectivity index (χ1n) is 10.6. The fraction of sp³-hybridized carbons (Fsp3) is 0.400. The Kier molecular flexibility index (Phi) is 6.10. The molecule has 2 aromatic carbocycles. The number of aromatic carboxylic acids is 1. The van der Waals surface area contributed by atoms with Crippen molar-refractivity contribution in [1.82, 2.24) is 4.90 Å². The number of alkyl halides is 1. The summed E-state index contributed by atoms with van der Waals surface area (Å²) in [5.74, 6) is -0.195. The van der Waals surface area contributed by atoms with E-state index in [1.54, 1.807) is 6.07 Å². The average molecular weight is 394 g/mol. The average Bonchev–Trinajstić information content (AvgIpc) is 2.92. The molecular formula is C25H28FNO2. The van der Waals surface area contributed by atoms with Gasteiger partial charge in [-0.25, -0.2) is 4.79 Å². The van der Waals surface area contributed by atoms with Crippen molar-refractivity contribution < 1.29 is 14.3 Å². The SMILES string of the molecule is O=C(O)c1ccc2c(c1)CCCC=C2c1ccc(CC2CN(CCCF)C2)cc1. The molecule has 0 unspecified atom stereocenters. The number of carbonyl (C=O) groups is 1. The Bertz CT molecular complexity index is 898. The molecule has 1 N–H and O–H groups in total. The van der Waals surface area contributed by atoms with Gasteiger partial charge in [-0.05, 0) is 78.0 Å². The lowest BCUT2D eigenvalue weighted by Gasteiger charge is -2.39. The van der Waals surface area contributed by atoms with E-state index in [2.05, 4.69) is 35.2 Å². The number of allylic oxidation sites excluding steroid dienone is 1. The van der Waals surface area contributed by atoms with Gasteiger partial charge in [0.15, 0.2) is 0 Å². The normalized spacial score (nSPS) is 17.2. The molecule has 0 spiro atoms. The Morgan fingerprint density at radius 2 is 1.93 bits per heavy atom. The zero-order valence-corrected chi connectivity index (χ0v) is 16.7. The molecular weight excluding hydrogens is 365 g/mol. The number of halogens is 1. The van der Waals surface area contributed by atoms with Crippen LogP contribution in [0.1, 0.15) is 51.9 Å². The summed E-state index contributed by atoms with van der Waals surface area (Å²) in [4.78, 5) is 13.6. The van der Waals surface area contributed by atoms with Crippen molar-refractivity contribution in [3.05, 3.63) is 76.4 Å². The Morgan fingerprint density at radius 3 is 2.66 bits per heavy atom. The molecule has 1 fully saturated rings. The zero-order chi connectivity index (χ0) is 20.2. The van der Waals surface area contributed by atoms with Crippen molar-refractivity contribution in [3.8, 4) is 0 Å². The van der Waals surface area contributed by atoms with Crippen molar-refractivity contribution in [2.75, 3.05) is 26.3 Å². The smallest absolute Gasteiger partial charge is 0.335 e. The van der Waals surface area contributed by atoms with Crippen LogP contribution in [0.25, 0.3) is 5.57 Å². The van der Waals surface area contributed by atoms with Crippen LogP contribution < -0.4 is 0 Å². The number of hydrogen-bond acceptors (Lipinski definition) is 2. The van der Waals surface area contributed by atoms with Gasteiger partial charge in [-0.1, -0.05) is 36.4 Å². The van der Waals surface area contributed by atoms with Gasteiger partial charge in [-0.15, -0.1) is 0 Å². The van der Waals surface area contributed by atoms with Gasteiger partial charge in [-0.3, -0.25) is 4.39 Å². The van der Waals surface area contributed by atoms with Crippen molar-refractivity contribution in [3.63, 3.8) is 0 Å². The molecule has 152 valence electrons. The maximum absolute atomic E-state index is 12.3. The fourth-order valence-electron chi connectivity index (χ4n) is 4.54. The van der Waals surface area contributed by atoms with E-state index in [1.807, 2.05) is 12.1 Å². The lowest BCUT2D eigenvalue weighted by atomic mass is 9.89. The van der Waals surface area contributed by atoms with Crippen molar-refractivity contribution in [2.24, 2.45) is 5.92 Å². The van der Waals surface area contributed by atoms with Crippen LogP contribution in [-0.2, 0) is 12.8 Å². The zero-order valence-electron chi connectivity index (χ0n) is 16.7. The highest BCUT2D eigenvalue weighted by molar-refractivity contribution is 5.90. The quantitative estimate of drug-likeness (QED) is 0.721. The van der Waals surface area contributed by atoms with E-state index in [1.165, 1.54) is 16.7 Å². The first-order chi connectivity index (χ1) is 14.1. The summed E-state index contributed by atoms with van der Waals surface area (Å²) in [6.07, 6.45) is 6.96. The minimum atomic E-state index is -0.869. The number of rotatable bonds is 7. The van der Waals surface area contributed by atoms with Gasteiger partial charge in [0.1, 0.15) is 0 Å². The van der Waals surface area contributed by atoms with Crippen LogP contribution in [0.15, 0.2) is 48.5 Å².